The lowest BCUT2D eigenvalue weighted by atomic mass is 10.0. The topological polar surface area (TPSA) is 84.9 Å². The molecular weight excluding hydrogens is 528 g/mol. The lowest BCUT2D eigenvalue weighted by molar-refractivity contribution is -0.122. The van der Waals surface area contributed by atoms with Crippen LogP contribution >= 0.6 is 0 Å². The van der Waals surface area contributed by atoms with Gasteiger partial charge in [0, 0.05) is 5.56 Å². The highest BCUT2D eigenvalue weighted by molar-refractivity contribution is 6.39. The van der Waals surface area contributed by atoms with Gasteiger partial charge in [-0.1, -0.05) is 54.6 Å². The fourth-order valence-corrected chi connectivity index (χ4v) is 5.21. The van der Waals surface area contributed by atoms with Crippen LogP contribution in [0.25, 0.3) is 16.8 Å². The van der Waals surface area contributed by atoms with Crippen LogP contribution in [0.3, 0.4) is 0 Å². The van der Waals surface area contributed by atoms with Gasteiger partial charge in [-0.15, -0.1) is 6.58 Å². The lowest BCUT2D eigenvalue weighted by Gasteiger charge is -2.27. The Morgan fingerprint density at radius 3 is 2.36 bits per heavy atom. The summed E-state index contributed by atoms with van der Waals surface area (Å²) >= 11 is 0. The number of amides is 4. The third-order valence-electron chi connectivity index (χ3n) is 6.95. The first-order valence-electron chi connectivity index (χ1n) is 13.8. The first-order chi connectivity index (χ1) is 20.3. The third-order valence-corrected chi connectivity index (χ3v) is 6.95. The number of nitrogens with one attached hydrogen (secondary N) is 1. The molecule has 0 bridgehead atoms. The average molecular weight is 561 g/mol. The average Bonchev–Trinajstić information content (AvgIpc) is 2.94. The Hall–Kier alpha value is -5.17. The maximum atomic E-state index is 13.5. The standard InChI is InChI=1S/C35H32N2O5/c1-5-10-26-18-24(19-30-33(38)36-35(40)37(34(30)39)28-16-22(3)15-23(4)17-28)20-31(41-6-2)32(26)42-21-27-13-9-12-25-11-7-8-14-29(25)27/h5,7-9,11-20H,1,6,10,21H2,2-4H3,(H,36,38,40)/b30-19+. The second kappa shape index (κ2) is 12.1. The number of allylic oxidation sites excluding steroid dienone is 1. The van der Waals surface area contributed by atoms with Crippen molar-refractivity contribution in [1.29, 1.82) is 0 Å². The minimum atomic E-state index is -0.785. The number of carbonyl (C=O) groups is 3. The number of benzene rings is 4. The number of ether oxygens (including phenoxy) is 2. The number of carbonyl (C=O) groups excluding carboxylic acids is 3. The van der Waals surface area contributed by atoms with Crippen LogP contribution in [-0.4, -0.2) is 24.5 Å². The van der Waals surface area contributed by atoms with Crippen molar-refractivity contribution in [2.75, 3.05) is 11.5 Å². The van der Waals surface area contributed by atoms with Crippen molar-refractivity contribution in [3.05, 3.63) is 119 Å². The van der Waals surface area contributed by atoms with E-state index in [4.69, 9.17) is 9.47 Å². The summed E-state index contributed by atoms with van der Waals surface area (Å²) in [6, 6.07) is 22.4. The maximum absolute atomic E-state index is 13.5. The van der Waals surface area contributed by atoms with Crippen molar-refractivity contribution in [2.24, 2.45) is 0 Å². The smallest absolute Gasteiger partial charge is 0.335 e. The van der Waals surface area contributed by atoms with E-state index in [-0.39, 0.29) is 5.57 Å². The molecule has 4 amide bonds. The van der Waals surface area contributed by atoms with Gasteiger partial charge in [0.1, 0.15) is 12.2 Å². The predicted molar refractivity (Wildman–Crippen MR) is 165 cm³/mol. The fourth-order valence-electron chi connectivity index (χ4n) is 5.21. The summed E-state index contributed by atoms with van der Waals surface area (Å²) in [5.41, 5.74) is 4.39. The minimum Gasteiger partial charge on any atom is -0.490 e. The molecule has 0 aliphatic carbocycles. The van der Waals surface area contributed by atoms with Crippen LogP contribution in [0.4, 0.5) is 10.5 Å². The summed E-state index contributed by atoms with van der Waals surface area (Å²) in [6.07, 6.45) is 3.70. The summed E-state index contributed by atoms with van der Waals surface area (Å²) in [7, 11) is 0. The van der Waals surface area contributed by atoms with Crippen LogP contribution in [0.2, 0.25) is 0 Å². The molecular formula is C35H32N2O5. The van der Waals surface area contributed by atoms with Crippen molar-refractivity contribution < 1.29 is 23.9 Å². The van der Waals surface area contributed by atoms with Crippen LogP contribution in [0.1, 0.15) is 34.7 Å². The van der Waals surface area contributed by atoms with Gasteiger partial charge >= 0.3 is 6.03 Å². The Labute approximate surface area is 245 Å². The molecule has 0 saturated carbocycles. The number of hydrogen-bond donors (Lipinski definition) is 1. The largest absolute Gasteiger partial charge is 0.490 e. The molecule has 1 heterocycles. The van der Waals surface area contributed by atoms with Gasteiger partial charge in [0.2, 0.25) is 0 Å². The quantitative estimate of drug-likeness (QED) is 0.138. The molecule has 0 spiro atoms. The highest BCUT2D eigenvalue weighted by atomic mass is 16.5. The summed E-state index contributed by atoms with van der Waals surface area (Å²) in [5.74, 6) is -0.411. The van der Waals surface area contributed by atoms with E-state index in [2.05, 4.69) is 30.1 Å². The van der Waals surface area contributed by atoms with Gasteiger partial charge in [0.25, 0.3) is 11.8 Å². The molecule has 1 saturated heterocycles. The Bertz CT molecular complexity index is 1730. The molecule has 42 heavy (non-hydrogen) atoms. The van der Waals surface area contributed by atoms with Crippen molar-refractivity contribution >= 4 is 40.4 Å². The zero-order valence-corrected chi connectivity index (χ0v) is 23.9. The van der Waals surface area contributed by atoms with E-state index in [1.807, 2.05) is 57.2 Å². The molecule has 1 fully saturated rings. The van der Waals surface area contributed by atoms with Gasteiger partial charge in [-0.2, -0.15) is 0 Å². The van der Waals surface area contributed by atoms with Crippen LogP contribution < -0.4 is 19.7 Å². The van der Waals surface area contributed by atoms with E-state index in [0.29, 0.717) is 42.4 Å². The normalized spacial score (nSPS) is 14.3. The van der Waals surface area contributed by atoms with E-state index in [0.717, 1.165) is 37.9 Å². The monoisotopic (exact) mass is 560 g/mol. The van der Waals surface area contributed by atoms with Crippen LogP contribution in [0.5, 0.6) is 11.5 Å². The minimum absolute atomic E-state index is 0.162. The summed E-state index contributed by atoms with van der Waals surface area (Å²) in [4.78, 5) is 40.1. The van der Waals surface area contributed by atoms with Gasteiger partial charge in [0.05, 0.1) is 12.3 Å². The number of urea groups is 1. The first kappa shape index (κ1) is 28.4. The third kappa shape index (κ3) is 5.81. The molecule has 7 nitrogen and oxygen atoms in total. The van der Waals surface area contributed by atoms with Crippen molar-refractivity contribution in [3.8, 4) is 11.5 Å². The molecule has 1 aliphatic rings. The zero-order chi connectivity index (χ0) is 29.8. The van der Waals surface area contributed by atoms with E-state index < -0.39 is 17.8 Å². The van der Waals surface area contributed by atoms with Crippen molar-refractivity contribution in [1.82, 2.24) is 5.32 Å². The number of imide groups is 2. The molecule has 0 unspecified atom stereocenters. The number of anilines is 1. The molecule has 4 aromatic rings. The van der Waals surface area contributed by atoms with Gasteiger partial charge in [-0.05, 0) is 90.6 Å². The van der Waals surface area contributed by atoms with Crippen molar-refractivity contribution in [3.63, 3.8) is 0 Å². The van der Waals surface area contributed by atoms with Crippen molar-refractivity contribution in [2.45, 2.75) is 33.8 Å². The van der Waals surface area contributed by atoms with Crippen LogP contribution in [0.15, 0.2) is 91.0 Å². The SMILES string of the molecule is C=CCc1cc(/C=C2\C(=O)NC(=O)N(c3cc(C)cc(C)c3)C2=O)cc(OCC)c1OCc1cccc2ccccc12. The molecule has 0 atom stereocenters. The van der Waals surface area contributed by atoms with E-state index in [1.54, 1.807) is 24.3 Å². The van der Waals surface area contributed by atoms with Crippen LogP contribution in [-0.2, 0) is 22.6 Å². The Balaban J connectivity index is 1.52. The number of fused-ring (bicyclic) bond motifs is 1. The molecule has 212 valence electrons. The van der Waals surface area contributed by atoms with E-state index in [1.165, 1.54) is 6.08 Å². The maximum Gasteiger partial charge on any atom is 0.335 e. The number of nitrogens with zero attached hydrogens (tertiary/aromatic N) is 1. The number of aryl methyl sites for hydroxylation is 2. The predicted octanol–water partition coefficient (Wildman–Crippen LogP) is 6.83. The highest BCUT2D eigenvalue weighted by Crippen LogP contribution is 2.36. The van der Waals surface area contributed by atoms with E-state index in [9.17, 15) is 14.4 Å². The summed E-state index contributed by atoms with van der Waals surface area (Å²) in [5, 5.41) is 4.53. The second-order valence-electron chi connectivity index (χ2n) is 10.2. The highest BCUT2D eigenvalue weighted by Gasteiger charge is 2.37. The van der Waals surface area contributed by atoms with Gasteiger partial charge in [-0.3, -0.25) is 14.9 Å². The number of barbiturate groups is 1. The first-order valence-corrected chi connectivity index (χ1v) is 13.8. The molecule has 0 radical (unpaired) electrons. The van der Waals surface area contributed by atoms with E-state index >= 15 is 0 Å². The Morgan fingerprint density at radius 2 is 1.62 bits per heavy atom. The molecule has 1 N–H and O–H groups in total. The molecule has 1 aliphatic heterocycles. The molecule has 5 rings (SSSR count). The fraction of sp³-hybridized carbons (Fsp3) is 0.171. The number of hydrogen-bond acceptors (Lipinski definition) is 5. The van der Waals surface area contributed by atoms with Gasteiger partial charge in [0.15, 0.2) is 11.5 Å². The summed E-state index contributed by atoms with van der Waals surface area (Å²) < 4.78 is 12.4. The molecule has 7 heteroatoms. The van der Waals surface area contributed by atoms with Crippen LogP contribution in [0, 0.1) is 13.8 Å². The zero-order valence-electron chi connectivity index (χ0n) is 23.9. The van der Waals surface area contributed by atoms with Gasteiger partial charge in [-0.25, -0.2) is 9.69 Å². The number of rotatable bonds is 9. The van der Waals surface area contributed by atoms with Gasteiger partial charge < -0.3 is 9.47 Å². The summed E-state index contributed by atoms with van der Waals surface area (Å²) in [6.45, 7) is 10.2. The second-order valence-corrected chi connectivity index (χ2v) is 10.2. The Morgan fingerprint density at radius 1 is 0.881 bits per heavy atom. The Kier molecular flexibility index (Phi) is 8.20. The molecule has 4 aromatic carbocycles. The lowest BCUT2D eigenvalue weighted by Crippen LogP contribution is -2.54. The molecule has 0 aromatic heterocycles.